The molecule has 0 fully saturated rings. The molecule has 0 spiro atoms. The summed E-state index contributed by atoms with van der Waals surface area (Å²) >= 11 is 0. The Bertz CT molecular complexity index is 422. The minimum Gasteiger partial charge on any atom is -0.490 e. The normalized spacial score (nSPS) is 19.5. The van der Waals surface area contributed by atoms with Crippen molar-refractivity contribution in [3.05, 3.63) is 23.0 Å². The van der Waals surface area contributed by atoms with Crippen LogP contribution in [0.15, 0.2) is 23.0 Å². The Morgan fingerprint density at radius 1 is 1.40 bits per heavy atom. The molecule has 1 atom stereocenters. The molecule has 1 heterocycles. The molecule has 0 N–H and O–H groups in total. The average Bonchev–Trinajstić information content (AvgIpc) is 2.36. The molecule has 0 amide bonds. The lowest BCUT2D eigenvalue weighted by molar-refractivity contribution is -0.183. The van der Waals surface area contributed by atoms with E-state index in [-0.39, 0.29) is 11.7 Å². The van der Waals surface area contributed by atoms with Crippen LogP contribution < -0.4 is 0 Å². The van der Waals surface area contributed by atoms with Crippen molar-refractivity contribution < 1.29 is 27.4 Å². The molecule has 0 saturated carbocycles. The van der Waals surface area contributed by atoms with Gasteiger partial charge in [-0.1, -0.05) is 20.3 Å². The third-order valence-electron chi connectivity index (χ3n) is 2.99. The monoisotopic (exact) mass is 292 g/mol. The van der Waals surface area contributed by atoms with E-state index in [1.54, 1.807) is 13.0 Å². The van der Waals surface area contributed by atoms with E-state index >= 15 is 0 Å². The number of rotatable bonds is 5. The summed E-state index contributed by atoms with van der Waals surface area (Å²) < 4.78 is 46.0. The molecular formula is C14H19F3O3. The van der Waals surface area contributed by atoms with E-state index in [0.29, 0.717) is 12.2 Å². The fourth-order valence-electron chi connectivity index (χ4n) is 2.00. The van der Waals surface area contributed by atoms with Gasteiger partial charge in [0, 0.05) is 0 Å². The molecule has 0 radical (unpaired) electrons. The maximum atomic E-state index is 12.0. The van der Waals surface area contributed by atoms with Gasteiger partial charge in [0.1, 0.15) is 11.9 Å². The van der Waals surface area contributed by atoms with Crippen molar-refractivity contribution in [2.24, 2.45) is 0 Å². The Morgan fingerprint density at radius 2 is 2.05 bits per heavy atom. The molecule has 3 nitrogen and oxygen atoms in total. The van der Waals surface area contributed by atoms with Crippen LogP contribution in [-0.4, -0.2) is 24.9 Å². The number of carbonyl (C=O) groups excluding carboxylic acids is 1. The molecule has 0 aliphatic carbocycles. The van der Waals surface area contributed by atoms with Gasteiger partial charge in [0.25, 0.3) is 0 Å². The highest BCUT2D eigenvalue weighted by Gasteiger charge is 2.31. The van der Waals surface area contributed by atoms with Gasteiger partial charge in [0.05, 0.1) is 5.57 Å². The minimum atomic E-state index is -4.53. The van der Waals surface area contributed by atoms with E-state index in [4.69, 9.17) is 4.74 Å². The van der Waals surface area contributed by atoms with Gasteiger partial charge in [-0.15, -0.1) is 0 Å². The lowest BCUT2D eigenvalue weighted by Crippen LogP contribution is -2.25. The van der Waals surface area contributed by atoms with Crippen LogP contribution in [0.2, 0.25) is 0 Å². The second-order valence-corrected chi connectivity index (χ2v) is 4.63. The molecule has 6 heteroatoms. The van der Waals surface area contributed by atoms with Crippen LogP contribution in [0.5, 0.6) is 0 Å². The molecule has 0 aromatic carbocycles. The van der Waals surface area contributed by atoms with Crippen molar-refractivity contribution >= 4 is 5.97 Å². The second kappa shape index (κ2) is 6.81. The first-order chi connectivity index (χ1) is 9.28. The van der Waals surface area contributed by atoms with Gasteiger partial charge in [-0.3, -0.25) is 0 Å². The molecule has 1 aliphatic heterocycles. The second-order valence-electron chi connectivity index (χ2n) is 4.63. The number of allylic oxidation sites excluding steroid dienone is 1. The highest BCUT2D eigenvalue weighted by Crippen LogP contribution is 2.28. The summed E-state index contributed by atoms with van der Waals surface area (Å²) in [4.78, 5) is 11.7. The average molecular weight is 292 g/mol. The maximum Gasteiger partial charge on any atom is 0.422 e. The first-order valence-corrected chi connectivity index (χ1v) is 6.60. The van der Waals surface area contributed by atoms with Crippen molar-refractivity contribution in [1.82, 2.24) is 0 Å². The molecule has 0 aromatic rings. The fourth-order valence-corrected chi connectivity index (χ4v) is 2.00. The molecular weight excluding hydrogens is 273 g/mol. The molecule has 0 bridgehead atoms. The lowest BCUT2D eigenvalue weighted by Gasteiger charge is -2.27. The van der Waals surface area contributed by atoms with E-state index in [1.807, 2.05) is 13.8 Å². The molecule has 20 heavy (non-hydrogen) atoms. The van der Waals surface area contributed by atoms with Crippen LogP contribution >= 0.6 is 0 Å². The van der Waals surface area contributed by atoms with Crippen molar-refractivity contribution in [3.8, 4) is 0 Å². The van der Waals surface area contributed by atoms with Crippen LogP contribution in [0.1, 0.15) is 40.0 Å². The molecule has 0 aromatic heterocycles. The maximum absolute atomic E-state index is 12.0. The van der Waals surface area contributed by atoms with E-state index in [0.717, 1.165) is 18.4 Å². The Hall–Kier alpha value is -1.46. The number of hydrogen-bond donors (Lipinski definition) is 0. The Labute approximate surface area is 116 Å². The van der Waals surface area contributed by atoms with Gasteiger partial charge in [-0.25, -0.2) is 4.79 Å². The van der Waals surface area contributed by atoms with Crippen LogP contribution in [0.4, 0.5) is 13.2 Å². The van der Waals surface area contributed by atoms with E-state index in [1.165, 1.54) is 0 Å². The van der Waals surface area contributed by atoms with E-state index in [2.05, 4.69) is 4.74 Å². The summed E-state index contributed by atoms with van der Waals surface area (Å²) in [5.74, 6) is -0.687. The third kappa shape index (κ3) is 4.58. The SMILES string of the molecule is CCCC1OC(C)=C(C(=O)OCC(F)(F)F)C=C1CC. The lowest BCUT2D eigenvalue weighted by atomic mass is 9.97. The quantitative estimate of drug-likeness (QED) is 0.721. The van der Waals surface area contributed by atoms with Gasteiger partial charge in [-0.05, 0) is 31.4 Å². The highest BCUT2D eigenvalue weighted by molar-refractivity contribution is 5.92. The molecule has 1 rings (SSSR count). The largest absolute Gasteiger partial charge is 0.490 e. The van der Waals surface area contributed by atoms with E-state index in [9.17, 15) is 18.0 Å². The van der Waals surface area contributed by atoms with Crippen molar-refractivity contribution in [3.63, 3.8) is 0 Å². The third-order valence-corrected chi connectivity index (χ3v) is 2.99. The van der Waals surface area contributed by atoms with Gasteiger partial charge < -0.3 is 9.47 Å². The zero-order valence-electron chi connectivity index (χ0n) is 11.8. The van der Waals surface area contributed by atoms with E-state index < -0.39 is 18.8 Å². The standard InChI is InChI=1S/C14H19F3O3/c1-4-6-12-10(5-2)7-11(9(3)20-12)13(18)19-8-14(15,16)17/h7,12H,4-6,8H2,1-3H3. The number of carbonyl (C=O) groups is 1. The van der Waals surface area contributed by atoms with Gasteiger partial charge in [-0.2, -0.15) is 13.2 Å². The summed E-state index contributed by atoms with van der Waals surface area (Å²) in [6.07, 6.45) is -0.636. The van der Waals surface area contributed by atoms with Crippen LogP contribution in [-0.2, 0) is 14.3 Å². The first kappa shape index (κ1) is 16.6. The summed E-state index contributed by atoms with van der Waals surface area (Å²) in [7, 11) is 0. The zero-order valence-corrected chi connectivity index (χ0v) is 11.8. The zero-order chi connectivity index (χ0) is 15.3. The Kier molecular flexibility index (Phi) is 5.65. The van der Waals surface area contributed by atoms with Gasteiger partial charge in [0.15, 0.2) is 6.61 Å². The smallest absolute Gasteiger partial charge is 0.422 e. The number of alkyl halides is 3. The fraction of sp³-hybridized carbons (Fsp3) is 0.643. The topological polar surface area (TPSA) is 35.5 Å². The number of halogens is 3. The number of esters is 1. The minimum absolute atomic E-state index is 0.0680. The summed E-state index contributed by atoms with van der Waals surface area (Å²) in [6, 6.07) is 0. The molecule has 0 saturated heterocycles. The summed E-state index contributed by atoms with van der Waals surface area (Å²) in [6.45, 7) is 3.91. The molecule has 1 aliphatic rings. The van der Waals surface area contributed by atoms with Crippen LogP contribution in [0.3, 0.4) is 0 Å². The predicted octanol–water partition coefficient (Wildman–Crippen LogP) is 3.90. The Balaban J connectivity index is 2.81. The number of hydrogen-bond acceptors (Lipinski definition) is 3. The summed E-state index contributed by atoms with van der Waals surface area (Å²) in [5.41, 5.74) is 0.967. The summed E-state index contributed by atoms with van der Waals surface area (Å²) in [5, 5.41) is 0. The van der Waals surface area contributed by atoms with Crippen LogP contribution in [0.25, 0.3) is 0 Å². The van der Waals surface area contributed by atoms with Gasteiger partial charge >= 0.3 is 12.1 Å². The first-order valence-electron chi connectivity index (χ1n) is 6.60. The highest BCUT2D eigenvalue weighted by atomic mass is 19.4. The van der Waals surface area contributed by atoms with Crippen molar-refractivity contribution in [2.45, 2.75) is 52.3 Å². The Morgan fingerprint density at radius 3 is 2.55 bits per heavy atom. The predicted molar refractivity (Wildman–Crippen MR) is 67.9 cm³/mol. The molecule has 1 unspecified atom stereocenters. The van der Waals surface area contributed by atoms with Crippen LogP contribution in [0, 0.1) is 0 Å². The van der Waals surface area contributed by atoms with Crippen molar-refractivity contribution in [2.75, 3.05) is 6.61 Å². The number of ether oxygens (including phenoxy) is 2. The molecule has 114 valence electrons. The van der Waals surface area contributed by atoms with Gasteiger partial charge in [0.2, 0.25) is 0 Å². The van der Waals surface area contributed by atoms with Crippen molar-refractivity contribution in [1.29, 1.82) is 0 Å².